The molecule has 24 heavy (non-hydrogen) atoms. The molecule has 0 saturated carbocycles. The number of rotatable bonds is 5. The minimum Gasteiger partial charge on any atom is -0.544 e. The molecule has 2 rings (SSSR count). The maximum absolute atomic E-state index is 12.5. The van der Waals surface area contributed by atoms with Crippen molar-refractivity contribution in [2.75, 3.05) is 7.11 Å². The lowest BCUT2D eigenvalue weighted by molar-refractivity contribution is 0.0718. The van der Waals surface area contributed by atoms with Crippen LogP contribution in [0.15, 0.2) is 24.3 Å². The van der Waals surface area contributed by atoms with Crippen molar-refractivity contribution in [1.82, 2.24) is 4.98 Å². The van der Waals surface area contributed by atoms with Crippen LogP contribution in [0.3, 0.4) is 0 Å². The Morgan fingerprint density at radius 1 is 1.00 bits per heavy atom. The summed E-state index contributed by atoms with van der Waals surface area (Å²) in [5.74, 6) is 0.846. The van der Waals surface area contributed by atoms with Crippen molar-refractivity contribution < 1.29 is 18.4 Å². The van der Waals surface area contributed by atoms with E-state index >= 15 is 0 Å². The summed E-state index contributed by atoms with van der Waals surface area (Å²) >= 11 is 0. The molecule has 0 atom stereocenters. The molecule has 2 aromatic rings. The number of pyridine rings is 1. The molecule has 0 unspecified atom stereocenters. The molecule has 0 aliphatic rings. The van der Waals surface area contributed by atoms with Gasteiger partial charge in [-0.2, -0.15) is 0 Å². The van der Waals surface area contributed by atoms with Gasteiger partial charge in [-0.15, -0.1) is 0 Å². The Labute approximate surface area is 145 Å². The molecule has 0 aliphatic heterocycles. The van der Waals surface area contributed by atoms with Crippen LogP contribution in [0.25, 0.3) is 10.9 Å². The van der Waals surface area contributed by atoms with E-state index in [0.717, 1.165) is 5.39 Å². The van der Waals surface area contributed by atoms with Gasteiger partial charge in [0, 0.05) is 11.5 Å². The van der Waals surface area contributed by atoms with Crippen LogP contribution in [0, 0.1) is 0 Å². The standard InChI is InChI=1S/C17H25NO4Si2/c1-20-14-10-8-9-12-15(21-23(2,3)4)11-13(18-16(12)14)17(19)22-24(5,6)7/h8-11H,1-7H3. The fourth-order valence-corrected chi connectivity index (χ4v) is 3.69. The SMILES string of the molecule is COc1cccc2c(O[Si](C)(C)C)cc(C(=O)O[Si](C)(C)C)nc12. The fraction of sp³-hybridized carbons (Fsp3) is 0.412. The lowest BCUT2D eigenvalue weighted by Crippen LogP contribution is -2.31. The van der Waals surface area contributed by atoms with Crippen LogP contribution in [-0.4, -0.2) is 34.7 Å². The normalized spacial score (nSPS) is 12.1. The van der Waals surface area contributed by atoms with Gasteiger partial charge >= 0.3 is 5.97 Å². The zero-order valence-electron chi connectivity index (χ0n) is 15.4. The maximum atomic E-state index is 12.5. The molecule has 0 bridgehead atoms. The molecule has 0 fully saturated rings. The number of fused-ring (bicyclic) bond motifs is 1. The summed E-state index contributed by atoms with van der Waals surface area (Å²) in [6, 6.07) is 7.32. The molecular weight excluding hydrogens is 338 g/mol. The Kier molecular flexibility index (Phi) is 5.05. The van der Waals surface area contributed by atoms with Gasteiger partial charge in [0.25, 0.3) is 0 Å². The first kappa shape index (κ1) is 18.5. The first-order chi connectivity index (χ1) is 11.0. The number of carbonyl (C=O) groups is 1. The number of ether oxygens (including phenoxy) is 1. The van der Waals surface area contributed by atoms with Gasteiger partial charge in [-0.05, 0) is 51.4 Å². The second-order valence-corrected chi connectivity index (χ2v) is 16.4. The van der Waals surface area contributed by atoms with E-state index in [2.05, 4.69) is 24.6 Å². The number of benzene rings is 1. The predicted octanol–water partition coefficient (Wildman–Crippen LogP) is 4.45. The van der Waals surface area contributed by atoms with Gasteiger partial charge in [-0.25, -0.2) is 9.78 Å². The molecule has 0 saturated heterocycles. The number of methoxy groups -OCH3 is 1. The second kappa shape index (κ2) is 6.56. The lowest BCUT2D eigenvalue weighted by Gasteiger charge is -2.22. The van der Waals surface area contributed by atoms with Crippen LogP contribution >= 0.6 is 0 Å². The quantitative estimate of drug-likeness (QED) is 0.735. The number of nitrogens with zero attached hydrogens (tertiary/aromatic N) is 1. The van der Waals surface area contributed by atoms with Crippen LogP contribution in [-0.2, 0) is 4.43 Å². The topological polar surface area (TPSA) is 57.7 Å². The van der Waals surface area contributed by atoms with Crippen molar-refractivity contribution >= 4 is 33.5 Å². The number of hydrogen-bond donors (Lipinski definition) is 0. The largest absolute Gasteiger partial charge is 0.544 e. The van der Waals surface area contributed by atoms with Crippen molar-refractivity contribution in [3.05, 3.63) is 30.0 Å². The smallest absolute Gasteiger partial charge is 0.343 e. The van der Waals surface area contributed by atoms with Crippen LogP contribution in [0.1, 0.15) is 10.5 Å². The van der Waals surface area contributed by atoms with Crippen LogP contribution in [0.2, 0.25) is 39.3 Å². The highest BCUT2D eigenvalue weighted by Gasteiger charge is 2.25. The summed E-state index contributed by atoms with van der Waals surface area (Å²) in [6.45, 7) is 12.2. The highest BCUT2D eigenvalue weighted by atomic mass is 28.4. The average molecular weight is 364 g/mol. The van der Waals surface area contributed by atoms with E-state index in [-0.39, 0.29) is 5.69 Å². The Bertz CT molecular complexity index is 764. The lowest BCUT2D eigenvalue weighted by atomic mass is 10.1. The van der Waals surface area contributed by atoms with Crippen LogP contribution in [0.4, 0.5) is 0 Å². The molecule has 1 aromatic heterocycles. The third-order valence-electron chi connectivity index (χ3n) is 3.01. The number of carbonyl (C=O) groups excluding carboxylic acids is 1. The van der Waals surface area contributed by atoms with E-state index in [9.17, 15) is 4.79 Å². The maximum Gasteiger partial charge on any atom is 0.343 e. The number of para-hydroxylation sites is 1. The van der Waals surface area contributed by atoms with Gasteiger partial charge in [0.1, 0.15) is 17.0 Å². The van der Waals surface area contributed by atoms with E-state index in [4.69, 9.17) is 13.6 Å². The zero-order valence-corrected chi connectivity index (χ0v) is 17.4. The summed E-state index contributed by atoms with van der Waals surface area (Å²) in [5.41, 5.74) is 0.862. The van der Waals surface area contributed by atoms with E-state index < -0.39 is 22.6 Å². The number of hydrogen-bond acceptors (Lipinski definition) is 5. The van der Waals surface area contributed by atoms with Gasteiger partial charge < -0.3 is 13.6 Å². The highest BCUT2D eigenvalue weighted by Crippen LogP contribution is 2.33. The molecule has 5 nitrogen and oxygen atoms in total. The second-order valence-electron chi connectivity index (χ2n) is 7.58. The van der Waals surface area contributed by atoms with Gasteiger partial charge in [-0.1, -0.05) is 6.07 Å². The summed E-state index contributed by atoms with van der Waals surface area (Å²) < 4.78 is 17.2. The third kappa shape index (κ3) is 4.58. The van der Waals surface area contributed by atoms with Crippen molar-refractivity contribution in [2.45, 2.75) is 39.3 Å². The minimum atomic E-state index is -2.01. The number of aromatic nitrogens is 1. The molecule has 0 amide bonds. The Hall–Kier alpha value is -1.87. The van der Waals surface area contributed by atoms with Crippen molar-refractivity contribution in [1.29, 1.82) is 0 Å². The summed E-state index contributed by atoms with van der Waals surface area (Å²) in [6.07, 6.45) is 0. The predicted molar refractivity (Wildman–Crippen MR) is 101 cm³/mol. The Morgan fingerprint density at radius 3 is 2.21 bits per heavy atom. The minimum absolute atomic E-state index is 0.252. The molecule has 7 heteroatoms. The highest BCUT2D eigenvalue weighted by molar-refractivity contribution is 6.71. The summed E-state index contributed by atoms with van der Waals surface area (Å²) in [4.78, 5) is 17.0. The molecule has 1 heterocycles. The van der Waals surface area contributed by atoms with Crippen LogP contribution in [0.5, 0.6) is 11.5 Å². The average Bonchev–Trinajstić information content (AvgIpc) is 2.43. The molecule has 0 spiro atoms. The van der Waals surface area contributed by atoms with Gasteiger partial charge in [0.05, 0.1) is 7.11 Å². The van der Waals surface area contributed by atoms with Gasteiger partial charge in [0.15, 0.2) is 5.69 Å². The van der Waals surface area contributed by atoms with Gasteiger partial charge in [0.2, 0.25) is 16.6 Å². The summed E-state index contributed by atoms with van der Waals surface area (Å²) in [5, 5.41) is 0.835. The molecular formula is C17H25NO4Si2. The molecule has 1 aromatic carbocycles. The monoisotopic (exact) mass is 363 g/mol. The Morgan fingerprint density at radius 2 is 1.67 bits per heavy atom. The third-order valence-corrected chi connectivity index (χ3v) is 4.64. The van der Waals surface area contributed by atoms with Crippen molar-refractivity contribution in [3.8, 4) is 11.5 Å². The van der Waals surface area contributed by atoms with Crippen molar-refractivity contribution in [2.24, 2.45) is 0 Å². The van der Waals surface area contributed by atoms with E-state index in [1.807, 2.05) is 37.8 Å². The molecule has 0 N–H and O–H groups in total. The Balaban J connectivity index is 2.63. The van der Waals surface area contributed by atoms with E-state index in [0.29, 0.717) is 17.0 Å². The first-order valence-corrected chi connectivity index (χ1v) is 14.7. The molecule has 0 radical (unpaired) electrons. The van der Waals surface area contributed by atoms with E-state index in [1.54, 1.807) is 13.2 Å². The van der Waals surface area contributed by atoms with Crippen LogP contribution < -0.4 is 9.16 Å². The first-order valence-electron chi connectivity index (χ1n) is 7.90. The molecule has 0 aliphatic carbocycles. The van der Waals surface area contributed by atoms with E-state index in [1.165, 1.54) is 0 Å². The molecule has 130 valence electrons. The fourth-order valence-electron chi connectivity index (χ4n) is 2.21. The zero-order chi connectivity index (χ0) is 18.1. The van der Waals surface area contributed by atoms with Gasteiger partial charge in [-0.3, -0.25) is 0 Å². The summed E-state index contributed by atoms with van der Waals surface area (Å²) in [7, 11) is -2.28. The van der Waals surface area contributed by atoms with Crippen molar-refractivity contribution in [3.63, 3.8) is 0 Å².